The summed E-state index contributed by atoms with van der Waals surface area (Å²) in [4.78, 5) is 0. The first kappa shape index (κ1) is 14.0. The highest BCUT2D eigenvalue weighted by atomic mass is 16.3. The van der Waals surface area contributed by atoms with Crippen LogP contribution in [0.1, 0.15) is 25.8 Å². The third-order valence-corrected chi connectivity index (χ3v) is 2.98. The molecule has 0 fully saturated rings. The van der Waals surface area contributed by atoms with Crippen molar-refractivity contribution in [3.05, 3.63) is 29.8 Å². The van der Waals surface area contributed by atoms with Crippen LogP contribution in [0.15, 0.2) is 24.3 Å². The third-order valence-electron chi connectivity index (χ3n) is 2.98. The number of anilines is 1. The molecule has 1 aromatic rings. The molecule has 3 N–H and O–H groups in total. The lowest BCUT2D eigenvalue weighted by Gasteiger charge is -2.25. The van der Waals surface area contributed by atoms with Crippen molar-refractivity contribution in [2.75, 3.05) is 25.1 Å². The smallest absolute Gasteiger partial charge is 0.0523 e. The lowest BCUT2D eigenvalue weighted by atomic mass is 9.93. The van der Waals surface area contributed by atoms with E-state index in [1.165, 1.54) is 5.56 Å². The summed E-state index contributed by atoms with van der Waals surface area (Å²) in [6.07, 6.45) is 2.26. The second-order valence-electron chi connectivity index (χ2n) is 4.93. The lowest BCUT2D eigenvalue weighted by molar-refractivity contribution is 0.0806. The second kappa shape index (κ2) is 6.62. The Morgan fingerprint density at radius 2 is 1.71 bits per heavy atom. The summed E-state index contributed by atoms with van der Waals surface area (Å²) in [5.74, 6) is 0. The Morgan fingerprint density at radius 1 is 1.12 bits per heavy atom. The Balaban J connectivity index is 2.52. The van der Waals surface area contributed by atoms with Crippen molar-refractivity contribution in [2.45, 2.75) is 26.7 Å². The van der Waals surface area contributed by atoms with Gasteiger partial charge >= 0.3 is 0 Å². The molecule has 0 aliphatic carbocycles. The zero-order valence-electron chi connectivity index (χ0n) is 10.7. The number of hydrogen-bond acceptors (Lipinski definition) is 3. The molecule has 3 nitrogen and oxygen atoms in total. The van der Waals surface area contributed by atoms with E-state index in [-0.39, 0.29) is 13.2 Å². The SMILES string of the molecule is CCCc1ccc(NCC(C)(CO)CO)cc1. The van der Waals surface area contributed by atoms with Gasteiger partial charge in [-0.3, -0.25) is 0 Å². The summed E-state index contributed by atoms with van der Waals surface area (Å²) < 4.78 is 0. The molecule has 1 rings (SSSR count). The molecule has 0 aromatic heterocycles. The van der Waals surface area contributed by atoms with Gasteiger partial charge in [0.1, 0.15) is 0 Å². The highest BCUT2D eigenvalue weighted by molar-refractivity contribution is 5.44. The number of nitrogens with one attached hydrogen (secondary N) is 1. The van der Waals surface area contributed by atoms with Crippen LogP contribution >= 0.6 is 0 Å². The predicted octanol–water partition coefficient (Wildman–Crippen LogP) is 2.04. The van der Waals surface area contributed by atoms with E-state index in [1.54, 1.807) is 0 Å². The normalized spacial score (nSPS) is 11.5. The maximum Gasteiger partial charge on any atom is 0.0523 e. The first-order chi connectivity index (χ1) is 8.13. The molecule has 3 heteroatoms. The van der Waals surface area contributed by atoms with Crippen LogP contribution < -0.4 is 5.32 Å². The van der Waals surface area contributed by atoms with E-state index in [0.717, 1.165) is 18.5 Å². The molecule has 0 saturated carbocycles. The molecule has 0 aliphatic rings. The Bertz CT molecular complexity index is 317. The van der Waals surface area contributed by atoms with Crippen LogP contribution in [0.2, 0.25) is 0 Å². The van der Waals surface area contributed by atoms with Crippen LogP contribution in [-0.2, 0) is 6.42 Å². The van der Waals surface area contributed by atoms with Gasteiger partial charge in [0.25, 0.3) is 0 Å². The van der Waals surface area contributed by atoms with Crippen molar-refractivity contribution >= 4 is 5.69 Å². The quantitative estimate of drug-likeness (QED) is 0.680. The molecule has 96 valence electrons. The summed E-state index contributed by atoms with van der Waals surface area (Å²) in [5.41, 5.74) is 1.89. The molecule has 0 amide bonds. The summed E-state index contributed by atoms with van der Waals surface area (Å²) >= 11 is 0. The van der Waals surface area contributed by atoms with E-state index in [1.807, 2.05) is 19.1 Å². The van der Waals surface area contributed by atoms with Gasteiger partial charge in [-0.15, -0.1) is 0 Å². The van der Waals surface area contributed by atoms with Crippen LogP contribution in [0.5, 0.6) is 0 Å². The predicted molar refractivity (Wildman–Crippen MR) is 71.2 cm³/mol. The fourth-order valence-electron chi connectivity index (χ4n) is 1.56. The van der Waals surface area contributed by atoms with Crippen molar-refractivity contribution in [1.29, 1.82) is 0 Å². The first-order valence-corrected chi connectivity index (χ1v) is 6.18. The topological polar surface area (TPSA) is 52.5 Å². The average molecular weight is 237 g/mol. The van der Waals surface area contributed by atoms with Gasteiger partial charge < -0.3 is 15.5 Å². The number of rotatable bonds is 7. The molecule has 0 heterocycles. The van der Waals surface area contributed by atoms with Crippen molar-refractivity contribution in [2.24, 2.45) is 5.41 Å². The van der Waals surface area contributed by atoms with Crippen LogP contribution in [0, 0.1) is 5.41 Å². The monoisotopic (exact) mass is 237 g/mol. The first-order valence-electron chi connectivity index (χ1n) is 6.18. The molecule has 0 radical (unpaired) electrons. The standard InChI is InChI=1S/C14H23NO2/c1-3-4-12-5-7-13(8-6-12)15-9-14(2,10-16)11-17/h5-8,15-17H,3-4,9-11H2,1-2H3. The van der Waals surface area contributed by atoms with Gasteiger partial charge in [0.15, 0.2) is 0 Å². The zero-order chi connectivity index (χ0) is 12.7. The van der Waals surface area contributed by atoms with Crippen LogP contribution in [0.4, 0.5) is 5.69 Å². The fraction of sp³-hybridized carbons (Fsp3) is 0.571. The molecule has 0 spiro atoms. The lowest BCUT2D eigenvalue weighted by Crippen LogP contribution is -2.33. The number of aliphatic hydroxyl groups is 2. The average Bonchev–Trinajstić information content (AvgIpc) is 2.38. The van der Waals surface area contributed by atoms with Gasteiger partial charge in [-0.2, -0.15) is 0 Å². The van der Waals surface area contributed by atoms with Gasteiger partial charge in [0.05, 0.1) is 13.2 Å². The van der Waals surface area contributed by atoms with Gasteiger partial charge in [-0.25, -0.2) is 0 Å². The third kappa shape index (κ3) is 4.36. The molecule has 0 atom stereocenters. The summed E-state index contributed by atoms with van der Waals surface area (Å²) in [7, 11) is 0. The van der Waals surface area contributed by atoms with E-state index in [9.17, 15) is 10.2 Å². The van der Waals surface area contributed by atoms with Gasteiger partial charge in [-0.05, 0) is 24.1 Å². The highest BCUT2D eigenvalue weighted by Gasteiger charge is 2.21. The second-order valence-corrected chi connectivity index (χ2v) is 4.93. The van der Waals surface area contributed by atoms with Crippen LogP contribution in [0.3, 0.4) is 0 Å². The molecule has 0 aliphatic heterocycles. The number of benzene rings is 1. The van der Waals surface area contributed by atoms with Gasteiger partial charge in [-0.1, -0.05) is 32.4 Å². The van der Waals surface area contributed by atoms with Gasteiger partial charge in [0, 0.05) is 17.6 Å². The van der Waals surface area contributed by atoms with E-state index in [2.05, 4.69) is 24.4 Å². The molecular formula is C14H23NO2. The molecule has 1 aromatic carbocycles. The molecule has 0 bridgehead atoms. The maximum atomic E-state index is 9.18. The van der Waals surface area contributed by atoms with E-state index in [4.69, 9.17) is 0 Å². The Kier molecular flexibility index (Phi) is 5.45. The van der Waals surface area contributed by atoms with Crippen molar-refractivity contribution in [3.8, 4) is 0 Å². The molecule has 0 saturated heterocycles. The zero-order valence-corrected chi connectivity index (χ0v) is 10.7. The number of aryl methyl sites for hydroxylation is 1. The molecule has 0 unspecified atom stereocenters. The number of aliphatic hydroxyl groups excluding tert-OH is 2. The minimum absolute atomic E-state index is 0.0234. The summed E-state index contributed by atoms with van der Waals surface area (Å²) in [6.45, 7) is 4.54. The van der Waals surface area contributed by atoms with Crippen LogP contribution in [-0.4, -0.2) is 30.0 Å². The van der Waals surface area contributed by atoms with Gasteiger partial charge in [0.2, 0.25) is 0 Å². The molecule has 17 heavy (non-hydrogen) atoms. The minimum Gasteiger partial charge on any atom is -0.396 e. The fourth-order valence-corrected chi connectivity index (χ4v) is 1.56. The summed E-state index contributed by atoms with van der Waals surface area (Å²) in [6, 6.07) is 8.31. The molecular weight excluding hydrogens is 214 g/mol. The van der Waals surface area contributed by atoms with Crippen molar-refractivity contribution in [3.63, 3.8) is 0 Å². The van der Waals surface area contributed by atoms with Crippen LogP contribution in [0.25, 0.3) is 0 Å². The van der Waals surface area contributed by atoms with E-state index < -0.39 is 5.41 Å². The Hall–Kier alpha value is -1.06. The van der Waals surface area contributed by atoms with Crippen molar-refractivity contribution in [1.82, 2.24) is 0 Å². The van der Waals surface area contributed by atoms with E-state index in [0.29, 0.717) is 6.54 Å². The Morgan fingerprint density at radius 3 is 2.18 bits per heavy atom. The largest absolute Gasteiger partial charge is 0.396 e. The highest BCUT2D eigenvalue weighted by Crippen LogP contribution is 2.17. The van der Waals surface area contributed by atoms with E-state index >= 15 is 0 Å². The number of hydrogen-bond donors (Lipinski definition) is 3. The summed E-state index contributed by atoms with van der Waals surface area (Å²) in [5, 5.41) is 21.6. The minimum atomic E-state index is -0.470. The Labute approximate surface area is 103 Å². The maximum absolute atomic E-state index is 9.18. The van der Waals surface area contributed by atoms with Crippen molar-refractivity contribution < 1.29 is 10.2 Å².